The largest absolute Gasteiger partial charge is 0.311 e. The molecule has 94 valence electrons. The van der Waals surface area contributed by atoms with Gasteiger partial charge in [0.25, 0.3) is 0 Å². The molecule has 0 aromatic carbocycles. The summed E-state index contributed by atoms with van der Waals surface area (Å²) in [6, 6.07) is 6.24. The second-order valence-electron chi connectivity index (χ2n) is 5.43. The third-order valence-corrected chi connectivity index (χ3v) is 4.17. The first-order valence-electron chi connectivity index (χ1n) is 6.87. The lowest BCUT2D eigenvalue weighted by molar-refractivity contribution is 0.268. The zero-order valence-corrected chi connectivity index (χ0v) is 11.1. The van der Waals surface area contributed by atoms with Gasteiger partial charge in [-0.2, -0.15) is 0 Å². The Labute approximate surface area is 105 Å². The SMILES string of the molecule is CCC1(CNCc2cccc(C)n2)CCCC1. The Balaban J connectivity index is 1.82. The summed E-state index contributed by atoms with van der Waals surface area (Å²) in [6.45, 7) is 6.44. The van der Waals surface area contributed by atoms with E-state index in [0.29, 0.717) is 5.41 Å². The molecule has 1 aliphatic carbocycles. The fourth-order valence-electron chi connectivity index (χ4n) is 2.93. The molecule has 1 aliphatic rings. The average molecular weight is 232 g/mol. The molecule has 0 bridgehead atoms. The number of rotatable bonds is 5. The minimum Gasteiger partial charge on any atom is -0.311 e. The van der Waals surface area contributed by atoms with E-state index in [4.69, 9.17) is 0 Å². The maximum atomic E-state index is 4.52. The van der Waals surface area contributed by atoms with Crippen LogP contribution in [-0.4, -0.2) is 11.5 Å². The van der Waals surface area contributed by atoms with Crippen LogP contribution in [0.2, 0.25) is 0 Å². The zero-order chi connectivity index (χ0) is 12.1. The topological polar surface area (TPSA) is 24.9 Å². The Morgan fingerprint density at radius 3 is 2.71 bits per heavy atom. The van der Waals surface area contributed by atoms with Crippen LogP contribution < -0.4 is 5.32 Å². The van der Waals surface area contributed by atoms with Crippen molar-refractivity contribution in [3.8, 4) is 0 Å². The van der Waals surface area contributed by atoms with Gasteiger partial charge in [0.1, 0.15) is 0 Å². The molecule has 0 aliphatic heterocycles. The highest BCUT2D eigenvalue weighted by molar-refractivity contribution is 5.09. The number of nitrogens with zero attached hydrogens (tertiary/aromatic N) is 1. The summed E-state index contributed by atoms with van der Waals surface area (Å²) < 4.78 is 0. The summed E-state index contributed by atoms with van der Waals surface area (Å²) in [4.78, 5) is 4.52. The molecule has 1 aromatic rings. The van der Waals surface area contributed by atoms with Crippen LogP contribution in [0.15, 0.2) is 18.2 Å². The van der Waals surface area contributed by atoms with E-state index < -0.39 is 0 Å². The van der Waals surface area contributed by atoms with Crippen molar-refractivity contribution < 1.29 is 0 Å². The first-order chi connectivity index (χ1) is 8.24. The first-order valence-corrected chi connectivity index (χ1v) is 6.87. The third kappa shape index (κ3) is 3.29. The summed E-state index contributed by atoms with van der Waals surface area (Å²) in [5.74, 6) is 0. The van der Waals surface area contributed by atoms with Crippen LogP contribution >= 0.6 is 0 Å². The monoisotopic (exact) mass is 232 g/mol. The van der Waals surface area contributed by atoms with Gasteiger partial charge < -0.3 is 5.32 Å². The summed E-state index contributed by atoms with van der Waals surface area (Å²) in [5.41, 5.74) is 2.84. The zero-order valence-electron chi connectivity index (χ0n) is 11.1. The molecule has 1 fully saturated rings. The number of nitrogens with one attached hydrogen (secondary N) is 1. The summed E-state index contributed by atoms with van der Waals surface area (Å²) >= 11 is 0. The number of pyridine rings is 1. The predicted octanol–water partition coefficient (Wildman–Crippen LogP) is 3.45. The number of hydrogen-bond acceptors (Lipinski definition) is 2. The van der Waals surface area contributed by atoms with Crippen molar-refractivity contribution in [3.05, 3.63) is 29.6 Å². The number of hydrogen-bond donors (Lipinski definition) is 1. The van der Waals surface area contributed by atoms with Crippen molar-refractivity contribution in [3.63, 3.8) is 0 Å². The maximum Gasteiger partial charge on any atom is 0.0544 e. The molecule has 0 saturated heterocycles. The van der Waals surface area contributed by atoms with E-state index in [0.717, 1.165) is 24.5 Å². The van der Waals surface area contributed by atoms with Gasteiger partial charge in [-0.3, -0.25) is 4.98 Å². The molecule has 1 N–H and O–H groups in total. The van der Waals surface area contributed by atoms with E-state index in [-0.39, 0.29) is 0 Å². The fourth-order valence-corrected chi connectivity index (χ4v) is 2.93. The highest BCUT2D eigenvalue weighted by atomic mass is 14.9. The molecule has 1 aromatic heterocycles. The van der Waals surface area contributed by atoms with Crippen LogP contribution in [0.25, 0.3) is 0 Å². The van der Waals surface area contributed by atoms with E-state index >= 15 is 0 Å². The smallest absolute Gasteiger partial charge is 0.0544 e. The Kier molecular flexibility index (Phi) is 4.16. The summed E-state index contributed by atoms with van der Waals surface area (Å²) in [7, 11) is 0. The fraction of sp³-hybridized carbons (Fsp3) is 0.667. The maximum absolute atomic E-state index is 4.52. The lowest BCUT2D eigenvalue weighted by Gasteiger charge is -2.27. The molecule has 17 heavy (non-hydrogen) atoms. The standard InChI is InChI=1S/C15H24N2/c1-3-15(9-4-5-10-15)12-16-11-14-8-6-7-13(2)17-14/h6-8,16H,3-5,9-12H2,1-2H3. The van der Waals surface area contributed by atoms with Crippen molar-refractivity contribution in [2.75, 3.05) is 6.54 Å². The molecular formula is C15H24N2. The lowest BCUT2D eigenvalue weighted by Crippen LogP contribution is -2.31. The molecule has 2 heteroatoms. The number of aryl methyl sites for hydroxylation is 1. The van der Waals surface area contributed by atoms with E-state index in [1.807, 2.05) is 13.0 Å². The molecule has 0 unspecified atom stereocenters. The summed E-state index contributed by atoms with van der Waals surface area (Å²) in [5, 5.41) is 3.60. The molecule has 0 spiro atoms. The van der Waals surface area contributed by atoms with Crippen LogP contribution in [0.5, 0.6) is 0 Å². The summed E-state index contributed by atoms with van der Waals surface area (Å²) in [6.07, 6.45) is 6.94. The molecule has 0 radical (unpaired) electrons. The van der Waals surface area contributed by atoms with Crippen molar-refractivity contribution in [1.82, 2.24) is 10.3 Å². The molecule has 0 atom stereocenters. The van der Waals surface area contributed by atoms with Gasteiger partial charge >= 0.3 is 0 Å². The minimum atomic E-state index is 0.573. The van der Waals surface area contributed by atoms with E-state index in [2.05, 4.69) is 29.4 Å². The molecule has 1 saturated carbocycles. The van der Waals surface area contributed by atoms with Gasteiger partial charge in [-0.05, 0) is 43.7 Å². The Hall–Kier alpha value is -0.890. The van der Waals surface area contributed by atoms with Crippen molar-refractivity contribution >= 4 is 0 Å². The van der Waals surface area contributed by atoms with Crippen molar-refractivity contribution in [1.29, 1.82) is 0 Å². The van der Waals surface area contributed by atoms with Gasteiger partial charge in [0.15, 0.2) is 0 Å². The van der Waals surface area contributed by atoms with Gasteiger partial charge in [-0.25, -0.2) is 0 Å². The van der Waals surface area contributed by atoms with E-state index in [1.54, 1.807) is 0 Å². The highest BCUT2D eigenvalue weighted by Gasteiger charge is 2.31. The van der Waals surface area contributed by atoms with Crippen LogP contribution in [0, 0.1) is 12.3 Å². The van der Waals surface area contributed by atoms with Gasteiger partial charge in [-0.1, -0.05) is 25.8 Å². The second-order valence-corrected chi connectivity index (χ2v) is 5.43. The third-order valence-electron chi connectivity index (χ3n) is 4.17. The van der Waals surface area contributed by atoms with Gasteiger partial charge in [0.2, 0.25) is 0 Å². The minimum absolute atomic E-state index is 0.573. The second kappa shape index (κ2) is 5.63. The van der Waals surface area contributed by atoms with E-state index in [1.165, 1.54) is 32.1 Å². The quantitative estimate of drug-likeness (QED) is 0.841. The Morgan fingerprint density at radius 2 is 2.06 bits per heavy atom. The van der Waals surface area contributed by atoms with E-state index in [9.17, 15) is 0 Å². The van der Waals surface area contributed by atoms with Crippen molar-refractivity contribution in [2.24, 2.45) is 5.41 Å². The number of aromatic nitrogens is 1. The lowest BCUT2D eigenvalue weighted by atomic mass is 9.83. The highest BCUT2D eigenvalue weighted by Crippen LogP contribution is 2.40. The van der Waals surface area contributed by atoms with Gasteiger partial charge in [0.05, 0.1) is 5.69 Å². The molecular weight excluding hydrogens is 208 g/mol. The predicted molar refractivity (Wildman–Crippen MR) is 71.9 cm³/mol. The van der Waals surface area contributed by atoms with Crippen LogP contribution in [-0.2, 0) is 6.54 Å². The molecule has 2 rings (SSSR count). The Bertz CT molecular complexity index is 354. The Morgan fingerprint density at radius 1 is 1.29 bits per heavy atom. The molecule has 0 amide bonds. The molecule has 1 heterocycles. The van der Waals surface area contributed by atoms with Gasteiger partial charge in [-0.15, -0.1) is 0 Å². The van der Waals surface area contributed by atoms with Crippen molar-refractivity contribution in [2.45, 2.75) is 52.5 Å². The van der Waals surface area contributed by atoms with Gasteiger partial charge in [0, 0.05) is 18.8 Å². The molecule has 2 nitrogen and oxygen atoms in total. The normalized spacial score (nSPS) is 18.5. The van der Waals surface area contributed by atoms with Crippen LogP contribution in [0.1, 0.15) is 50.4 Å². The van der Waals surface area contributed by atoms with Crippen LogP contribution in [0.4, 0.5) is 0 Å². The first kappa shape index (κ1) is 12.6. The van der Waals surface area contributed by atoms with Crippen LogP contribution in [0.3, 0.4) is 0 Å². The average Bonchev–Trinajstić information content (AvgIpc) is 2.79.